The number of nitrogens with zero attached hydrogens (tertiary/aromatic N) is 5. The van der Waals surface area contributed by atoms with E-state index in [0.717, 1.165) is 16.6 Å². The molecule has 0 aliphatic heterocycles. The Labute approximate surface area is 120 Å². The highest BCUT2D eigenvalue weighted by atomic mass is 16.5. The maximum atomic E-state index is 5.34. The minimum atomic E-state index is 0.504. The van der Waals surface area contributed by atoms with Gasteiger partial charge in [0.1, 0.15) is 0 Å². The van der Waals surface area contributed by atoms with Gasteiger partial charge in [0.2, 0.25) is 0 Å². The lowest BCUT2D eigenvalue weighted by atomic mass is 10.1. The number of aromatic nitrogens is 5. The van der Waals surface area contributed by atoms with E-state index in [1.165, 1.54) is 0 Å². The number of pyridine rings is 1. The van der Waals surface area contributed by atoms with E-state index >= 15 is 0 Å². The van der Waals surface area contributed by atoms with E-state index in [4.69, 9.17) is 4.52 Å². The molecule has 0 aliphatic carbocycles. The monoisotopic (exact) mass is 277 g/mol. The van der Waals surface area contributed by atoms with Gasteiger partial charge in [-0.25, -0.2) is 4.52 Å². The minimum absolute atomic E-state index is 0.504. The van der Waals surface area contributed by atoms with Gasteiger partial charge in [-0.05, 0) is 17.7 Å². The van der Waals surface area contributed by atoms with Crippen LogP contribution in [0, 0.1) is 0 Å². The summed E-state index contributed by atoms with van der Waals surface area (Å²) in [6, 6.07) is 13.9. The van der Waals surface area contributed by atoms with E-state index < -0.39 is 0 Å². The SMILES string of the molecule is c1ccc(Cc2noc(-c3ccn4nncc4c3)n2)cc1. The lowest BCUT2D eigenvalue weighted by Gasteiger charge is -1.95. The molecule has 0 atom stereocenters. The zero-order chi connectivity index (χ0) is 14.1. The van der Waals surface area contributed by atoms with Crippen molar-refractivity contribution >= 4 is 5.52 Å². The molecule has 3 heterocycles. The summed E-state index contributed by atoms with van der Waals surface area (Å²) in [4.78, 5) is 4.44. The van der Waals surface area contributed by atoms with Gasteiger partial charge in [0.05, 0.1) is 11.7 Å². The van der Waals surface area contributed by atoms with Crippen molar-refractivity contribution in [3.63, 3.8) is 0 Å². The second kappa shape index (κ2) is 4.82. The van der Waals surface area contributed by atoms with Crippen LogP contribution in [-0.4, -0.2) is 25.0 Å². The molecule has 0 spiro atoms. The summed E-state index contributed by atoms with van der Waals surface area (Å²) in [5.74, 6) is 1.17. The number of rotatable bonds is 3. The predicted octanol–water partition coefficient (Wildman–Crippen LogP) is 2.37. The van der Waals surface area contributed by atoms with Crippen LogP contribution in [-0.2, 0) is 6.42 Å². The fraction of sp³-hybridized carbons (Fsp3) is 0.0667. The first kappa shape index (κ1) is 11.8. The Kier molecular flexibility index (Phi) is 2.71. The quantitative estimate of drug-likeness (QED) is 0.575. The van der Waals surface area contributed by atoms with Gasteiger partial charge in [0.15, 0.2) is 5.82 Å². The molecule has 0 bridgehead atoms. The van der Waals surface area contributed by atoms with Gasteiger partial charge in [-0.1, -0.05) is 40.7 Å². The van der Waals surface area contributed by atoms with Crippen LogP contribution in [0.5, 0.6) is 0 Å². The van der Waals surface area contributed by atoms with Crippen molar-refractivity contribution in [1.29, 1.82) is 0 Å². The second-order valence-corrected chi connectivity index (χ2v) is 4.70. The predicted molar refractivity (Wildman–Crippen MR) is 75.5 cm³/mol. The third kappa shape index (κ3) is 2.27. The zero-order valence-electron chi connectivity index (χ0n) is 11.0. The summed E-state index contributed by atoms with van der Waals surface area (Å²) >= 11 is 0. The van der Waals surface area contributed by atoms with Gasteiger partial charge in [0, 0.05) is 18.2 Å². The highest BCUT2D eigenvalue weighted by Crippen LogP contribution is 2.19. The molecule has 4 rings (SSSR count). The highest BCUT2D eigenvalue weighted by molar-refractivity contribution is 5.61. The molecule has 102 valence electrons. The van der Waals surface area contributed by atoms with E-state index in [-0.39, 0.29) is 0 Å². The lowest BCUT2D eigenvalue weighted by Crippen LogP contribution is -1.90. The third-order valence-corrected chi connectivity index (χ3v) is 3.22. The van der Waals surface area contributed by atoms with E-state index in [1.807, 2.05) is 48.7 Å². The first-order valence-electron chi connectivity index (χ1n) is 6.55. The molecule has 6 nitrogen and oxygen atoms in total. The van der Waals surface area contributed by atoms with Crippen molar-refractivity contribution in [3.8, 4) is 11.5 Å². The Morgan fingerprint density at radius 3 is 2.90 bits per heavy atom. The molecular formula is C15H11N5O. The molecule has 0 radical (unpaired) electrons. The molecule has 0 fully saturated rings. The largest absolute Gasteiger partial charge is 0.334 e. The van der Waals surface area contributed by atoms with E-state index in [2.05, 4.69) is 20.5 Å². The standard InChI is InChI=1S/C15H11N5O/c1-2-4-11(5-3-1)8-14-17-15(21-18-14)12-6-7-20-13(9-12)10-16-19-20/h1-7,9-10H,8H2. The molecule has 0 saturated carbocycles. The molecule has 0 amide bonds. The highest BCUT2D eigenvalue weighted by Gasteiger charge is 2.10. The Balaban J connectivity index is 1.64. The molecule has 1 aromatic carbocycles. The van der Waals surface area contributed by atoms with E-state index in [1.54, 1.807) is 10.7 Å². The summed E-state index contributed by atoms with van der Waals surface area (Å²) in [5, 5.41) is 11.8. The molecule has 3 aromatic heterocycles. The summed E-state index contributed by atoms with van der Waals surface area (Å²) in [6.45, 7) is 0. The molecule has 0 saturated heterocycles. The molecule has 6 heteroatoms. The first-order valence-corrected chi connectivity index (χ1v) is 6.55. The molecular weight excluding hydrogens is 266 g/mol. The van der Waals surface area contributed by atoms with Gasteiger partial charge in [-0.15, -0.1) is 5.10 Å². The summed E-state index contributed by atoms with van der Waals surface area (Å²) in [7, 11) is 0. The minimum Gasteiger partial charge on any atom is -0.334 e. The Morgan fingerprint density at radius 1 is 1.10 bits per heavy atom. The van der Waals surface area contributed by atoms with Crippen molar-refractivity contribution in [2.75, 3.05) is 0 Å². The Bertz CT molecular complexity index is 881. The fourth-order valence-corrected chi connectivity index (χ4v) is 2.18. The van der Waals surface area contributed by atoms with E-state index in [0.29, 0.717) is 18.1 Å². The van der Waals surface area contributed by atoms with Crippen LogP contribution in [0.15, 0.2) is 59.4 Å². The van der Waals surface area contributed by atoms with Crippen molar-refractivity contribution < 1.29 is 4.52 Å². The van der Waals surface area contributed by atoms with Crippen molar-refractivity contribution in [2.24, 2.45) is 0 Å². The maximum absolute atomic E-state index is 5.34. The fourth-order valence-electron chi connectivity index (χ4n) is 2.18. The average molecular weight is 277 g/mol. The molecule has 21 heavy (non-hydrogen) atoms. The van der Waals surface area contributed by atoms with Gasteiger partial charge in [-0.2, -0.15) is 4.98 Å². The second-order valence-electron chi connectivity index (χ2n) is 4.70. The van der Waals surface area contributed by atoms with E-state index in [9.17, 15) is 0 Å². The van der Waals surface area contributed by atoms with Crippen LogP contribution in [0.25, 0.3) is 17.0 Å². The van der Waals surface area contributed by atoms with Gasteiger partial charge in [0.25, 0.3) is 5.89 Å². The van der Waals surface area contributed by atoms with Crippen LogP contribution in [0.4, 0.5) is 0 Å². The summed E-state index contributed by atoms with van der Waals surface area (Å²) in [5.41, 5.74) is 2.90. The molecule has 0 N–H and O–H groups in total. The van der Waals surface area contributed by atoms with Crippen LogP contribution in [0.1, 0.15) is 11.4 Å². The van der Waals surface area contributed by atoms with Crippen LogP contribution < -0.4 is 0 Å². The Hall–Kier alpha value is -3.02. The number of benzene rings is 1. The van der Waals surface area contributed by atoms with Crippen LogP contribution in [0.3, 0.4) is 0 Å². The first-order chi connectivity index (χ1) is 10.4. The zero-order valence-corrected chi connectivity index (χ0v) is 11.0. The summed E-state index contributed by atoms with van der Waals surface area (Å²) in [6.07, 6.45) is 4.16. The van der Waals surface area contributed by atoms with Crippen molar-refractivity contribution in [3.05, 3.63) is 66.2 Å². The number of hydrogen-bond acceptors (Lipinski definition) is 5. The van der Waals surface area contributed by atoms with Crippen molar-refractivity contribution in [2.45, 2.75) is 6.42 Å². The van der Waals surface area contributed by atoms with Gasteiger partial charge in [-0.3, -0.25) is 0 Å². The van der Waals surface area contributed by atoms with Gasteiger partial charge < -0.3 is 4.52 Å². The molecule has 0 unspecified atom stereocenters. The number of fused-ring (bicyclic) bond motifs is 1. The smallest absolute Gasteiger partial charge is 0.258 e. The molecule has 4 aromatic rings. The maximum Gasteiger partial charge on any atom is 0.258 e. The number of hydrogen-bond donors (Lipinski definition) is 0. The third-order valence-electron chi connectivity index (χ3n) is 3.22. The topological polar surface area (TPSA) is 69.1 Å². The van der Waals surface area contributed by atoms with Crippen LogP contribution in [0.2, 0.25) is 0 Å². The summed E-state index contributed by atoms with van der Waals surface area (Å²) < 4.78 is 7.02. The Morgan fingerprint density at radius 2 is 2.00 bits per heavy atom. The molecule has 0 aliphatic rings. The normalized spacial score (nSPS) is 11.0. The average Bonchev–Trinajstić information content (AvgIpc) is 3.16. The van der Waals surface area contributed by atoms with Gasteiger partial charge >= 0.3 is 0 Å². The van der Waals surface area contributed by atoms with Crippen LogP contribution >= 0.6 is 0 Å². The lowest BCUT2D eigenvalue weighted by molar-refractivity contribution is 0.424. The van der Waals surface area contributed by atoms with Crippen molar-refractivity contribution in [1.82, 2.24) is 25.0 Å².